The van der Waals surface area contributed by atoms with Crippen LogP contribution in [-0.4, -0.2) is 102 Å². The molecule has 0 saturated carbocycles. The number of hydrogen-bond acceptors (Lipinski definition) is 15. The van der Waals surface area contributed by atoms with Crippen LogP contribution in [0.2, 0.25) is 0 Å². The highest BCUT2D eigenvalue weighted by atomic mass is 19.1. The van der Waals surface area contributed by atoms with Gasteiger partial charge in [-0.25, -0.2) is 48.3 Å². The van der Waals surface area contributed by atoms with Gasteiger partial charge >= 0.3 is 0 Å². The second-order valence-electron chi connectivity index (χ2n) is 18.4. The standard InChI is InChI=1S/C57H46FN15O4/c1-4-51(74)70-23-16-37(17-24-70)56-60-32-46-54(68-56)53(43(58)31-59-46)64-38-5-9-48(34(2)27-38)77-42-19-26-73-50(30-42)67-49(69-73)11-12-52(75)71-21-14-36(15-22-71)44-7-8-45-55(66-44)57(62-33-61-45)65-39-6-10-47(35(3)28-39)76-41-18-25-72-40(29-41)13-20-63-72/h4-14,16,18-20,25-33H,1,15,17,21-24H2,2-3H3,(H,59,64)(H,61,62,65). The van der Waals surface area contributed by atoms with E-state index in [4.69, 9.17) is 19.4 Å². The van der Waals surface area contributed by atoms with Gasteiger partial charge in [0.2, 0.25) is 11.8 Å². The van der Waals surface area contributed by atoms with Gasteiger partial charge in [0.15, 0.2) is 28.9 Å². The Hall–Kier alpha value is -10.2. The molecule has 10 heterocycles. The van der Waals surface area contributed by atoms with Gasteiger partial charge in [0, 0.05) is 74.4 Å². The van der Waals surface area contributed by atoms with Crippen molar-refractivity contribution in [3.63, 3.8) is 0 Å². The molecule has 0 saturated heterocycles. The highest BCUT2D eigenvalue weighted by Gasteiger charge is 2.21. The number of nitrogens with one attached hydrogen (secondary N) is 2. The summed E-state index contributed by atoms with van der Waals surface area (Å²) in [6, 6.07) is 24.4. The molecule has 2 aliphatic heterocycles. The van der Waals surface area contributed by atoms with Crippen molar-refractivity contribution in [2.45, 2.75) is 26.7 Å². The van der Waals surface area contributed by atoms with Crippen LogP contribution in [0.1, 0.15) is 41.3 Å². The van der Waals surface area contributed by atoms with E-state index < -0.39 is 5.82 Å². The minimum absolute atomic E-state index is 0.140. The van der Waals surface area contributed by atoms with Gasteiger partial charge in [0.1, 0.15) is 51.6 Å². The number of anilines is 4. The summed E-state index contributed by atoms with van der Waals surface area (Å²) in [5.41, 5.74) is 9.54. The molecule has 0 unspecified atom stereocenters. The molecule has 0 atom stereocenters. The van der Waals surface area contributed by atoms with Gasteiger partial charge in [-0.1, -0.05) is 18.7 Å². The molecule has 8 aromatic heterocycles. The maximum atomic E-state index is 15.4. The lowest BCUT2D eigenvalue weighted by Gasteiger charge is -2.25. The fourth-order valence-corrected chi connectivity index (χ4v) is 9.19. The molecule has 0 aliphatic carbocycles. The molecule has 2 aliphatic rings. The van der Waals surface area contributed by atoms with Gasteiger partial charge in [0.05, 0.1) is 29.1 Å². The van der Waals surface area contributed by atoms with Crippen LogP contribution in [-0.2, 0) is 9.59 Å². The molecular weight excluding hydrogens is 978 g/mol. The summed E-state index contributed by atoms with van der Waals surface area (Å²) in [7, 11) is 0. The maximum absolute atomic E-state index is 15.4. The van der Waals surface area contributed by atoms with Crippen LogP contribution < -0.4 is 20.1 Å². The molecule has 0 bridgehead atoms. The topological polar surface area (TPSA) is 208 Å². The first kappa shape index (κ1) is 47.7. The Kier molecular flexibility index (Phi) is 12.5. The zero-order valence-corrected chi connectivity index (χ0v) is 41.6. The number of aromatic nitrogens is 11. The minimum atomic E-state index is -0.572. The van der Waals surface area contributed by atoms with Gasteiger partial charge in [-0.05, 0) is 128 Å². The quantitative estimate of drug-likeness (QED) is 0.103. The predicted molar refractivity (Wildman–Crippen MR) is 289 cm³/mol. The first-order chi connectivity index (χ1) is 37.6. The summed E-state index contributed by atoms with van der Waals surface area (Å²) in [4.78, 5) is 61.0. The molecule has 0 spiro atoms. The van der Waals surface area contributed by atoms with E-state index in [1.165, 1.54) is 18.5 Å². The molecule has 380 valence electrons. The second-order valence-corrected chi connectivity index (χ2v) is 18.4. The van der Waals surface area contributed by atoms with Crippen molar-refractivity contribution in [3.8, 4) is 23.0 Å². The molecule has 77 heavy (non-hydrogen) atoms. The molecule has 20 heteroatoms. The lowest BCUT2D eigenvalue weighted by atomic mass is 10.0. The smallest absolute Gasteiger partial charge is 0.246 e. The third-order valence-corrected chi connectivity index (χ3v) is 13.3. The number of nitrogens with zero attached hydrogens (tertiary/aromatic N) is 13. The number of carbonyl (C=O) groups excluding carboxylic acids is 2. The van der Waals surface area contributed by atoms with Crippen molar-refractivity contribution in [1.29, 1.82) is 0 Å². The normalized spacial score (nSPS) is 13.8. The van der Waals surface area contributed by atoms with Crippen LogP contribution in [0.4, 0.5) is 27.3 Å². The lowest BCUT2D eigenvalue weighted by molar-refractivity contribution is -0.126. The number of hydrogen-bond donors (Lipinski definition) is 2. The van der Waals surface area contributed by atoms with Gasteiger partial charge in [0.25, 0.3) is 0 Å². The number of ether oxygens (including phenoxy) is 2. The van der Waals surface area contributed by atoms with Crippen molar-refractivity contribution in [1.82, 2.24) is 63.9 Å². The average molecular weight is 1020 g/mol. The van der Waals surface area contributed by atoms with Crippen molar-refractivity contribution in [2.24, 2.45) is 0 Å². The van der Waals surface area contributed by atoms with Crippen molar-refractivity contribution in [2.75, 3.05) is 36.8 Å². The minimum Gasteiger partial charge on any atom is -0.457 e. The fourth-order valence-electron chi connectivity index (χ4n) is 9.19. The van der Waals surface area contributed by atoms with E-state index in [1.54, 1.807) is 67.8 Å². The lowest BCUT2D eigenvalue weighted by Crippen LogP contribution is -2.33. The Balaban J connectivity index is 0.671. The monoisotopic (exact) mass is 1020 g/mol. The van der Waals surface area contributed by atoms with E-state index in [1.807, 2.05) is 86.8 Å². The predicted octanol–water partition coefficient (Wildman–Crippen LogP) is 10.0. The molecule has 0 radical (unpaired) electrons. The Morgan fingerprint density at radius 3 is 2.17 bits per heavy atom. The highest BCUT2D eigenvalue weighted by Crippen LogP contribution is 2.34. The molecule has 2 N–H and O–H groups in total. The molecule has 10 aromatic rings. The summed E-state index contributed by atoms with van der Waals surface area (Å²) < 4.78 is 31.3. The SMILES string of the molecule is C=CC(=O)N1CC=C(c2ncc3ncc(F)c(Nc4ccc(Oc5ccn6nc(C=CC(=O)N7CC=C(c8ccc9ncnc(Nc%10ccc(Oc%11ccn%12nccc%12c%11)c(C)c%10)c9n8)CC7)nc6c5)c(C)c4)c3n2)CC1. The van der Waals surface area contributed by atoms with Crippen LogP contribution in [0, 0.1) is 19.7 Å². The summed E-state index contributed by atoms with van der Waals surface area (Å²) >= 11 is 0. The second kappa shape index (κ2) is 20.2. The first-order valence-electron chi connectivity index (χ1n) is 24.7. The van der Waals surface area contributed by atoms with Crippen molar-refractivity contribution in [3.05, 3.63) is 181 Å². The van der Waals surface area contributed by atoms with Gasteiger partial charge in [-0.3, -0.25) is 9.59 Å². The molecule has 19 nitrogen and oxygen atoms in total. The zero-order chi connectivity index (χ0) is 52.6. The van der Waals surface area contributed by atoms with E-state index in [-0.39, 0.29) is 17.5 Å². The largest absolute Gasteiger partial charge is 0.457 e. The molecule has 12 rings (SSSR count). The summed E-state index contributed by atoms with van der Waals surface area (Å²) in [5.74, 6) is 3.05. The van der Waals surface area contributed by atoms with Crippen LogP contribution in [0.5, 0.6) is 23.0 Å². The Morgan fingerprint density at radius 1 is 0.701 bits per heavy atom. The number of carbonyl (C=O) groups is 2. The zero-order valence-electron chi connectivity index (χ0n) is 41.6. The van der Waals surface area contributed by atoms with E-state index in [0.717, 1.165) is 56.9 Å². The first-order valence-corrected chi connectivity index (χ1v) is 24.7. The Morgan fingerprint density at radius 2 is 1.43 bits per heavy atom. The molecule has 2 aromatic carbocycles. The van der Waals surface area contributed by atoms with Gasteiger partial charge < -0.3 is 29.9 Å². The van der Waals surface area contributed by atoms with Crippen LogP contribution in [0.25, 0.3) is 50.5 Å². The van der Waals surface area contributed by atoms with E-state index in [9.17, 15) is 9.59 Å². The summed E-state index contributed by atoms with van der Waals surface area (Å²) in [5, 5.41) is 15.4. The van der Waals surface area contributed by atoms with Crippen molar-refractivity contribution >= 4 is 85.1 Å². The number of rotatable bonds is 13. The van der Waals surface area contributed by atoms with Gasteiger partial charge in [-0.15, -0.1) is 5.10 Å². The van der Waals surface area contributed by atoms with E-state index in [2.05, 4.69) is 52.3 Å². The summed E-state index contributed by atoms with van der Waals surface area (Å²) in [6.45, 7) is 9.26. The molecular formula is C57H46FN15O4. The third-order valence-electron chi connectivity index (χ3n) is 13.3. The number of fused-ring (bicyclic) bond motifs is 4. The molecule has 2 amide bonds. The number of benzene rings is 2. The highest BCUT2D eigenvalue weighted by molar-refractivity contribution is 5.93. The van der Waals surface area contributed by atoms with Crippen LogP contribution in [0.3, 0.4) is 0 Å². The Labute approximate surface area is 438 Å². The van der Waals surface area contributed by atoms with Crippen molar-refractivity contribution < 1.29 is 23.5 Å². The number of pyridine rings is 4. The van der Waals surface area contributed by atoms with Crippen LogP contribution in [0.15, 0.2) is 147 Å². The number of amides is 2. The number of halogens is 1. The van der Waals surface area contributed by atoms with Gasteiger partial charge in [-0.2, -0.15) is 5.10 Å². The maximum Gasteiger partial charge on any atom is 0.246 e. The van der Waals surface area contributed by atoms with E-state index in [0.29, 0.717) is 101 Å². The number of aryl methyl sites for hydroxylation is 2. The summed E-state index contributed by atoms with van der Waals surface area (Å²) in [6.07, 6.45) is 19.0. The molecule has 0 fully saturated rings. The average Bonchev–Trinajstić information content (AvgIpc) is 4.12. The third kappa shape index (κ3) is 9.97. The Bertz CT molecular complexity index is 4110. The van der Waals surface area contributed by atoms with Crippen LogP contribution >= 0.6 is 0 Å². The fraction of sp³-hybridized carbons (Fsp3) is 0.140. The van der Waals surface area contributed by atoms with E-state index >= 15 is 4.39 Å².